The SMILES string of the molecule is Cc1ccn2c(Cl)c(-c3ccc(NC(=O)C=CSc4ccccc4)cc3)nc2c1. The van der Waals surface area contributed by atoms with Gasteiger partial charge in [0.2, 0.25) is 5.91 Å². The van der Waals surface area contributed by atoms with Crippen LogP contribution in [0.3, 0.4) is 0 Å². The highest BCUT2D eigenvalue weighted by Crippen LogP contribution is 2.29. The van der Waals surface area contributed by atoms with Crippen molar-refractivity contribution in [2.75, 3.05) is 5.32 Å². The molecule has 144 valence electrons. The molecule has 0 aliphatic heterocycles. The van der Waals surface area contributed by atoms with E-state index in [1.54, 1.807) is 5.41 Å². The summed E-state index contributed by atoms with van der Waals surface area (Å²) in [5.74, 6) is -0.178. The average molecular weight is 420 g/mol. The number of hydrogen-bond acceptors (Lipinski definition) is 3. The Balaban J connectivity index is 1.44. The third-order valence-corrected chi connectivity index (χ3v) is 5.49. The predicted octanol–water partition coefficient (Wildman–Crippen LogP) is 6.21. The molecule has 29 heavy (non-hydrogen) atoms. The van der Waals surface area contributed by atoms with Gasteiger partial charge in [-0.1, -0.05) is 53.7 Å². The van der Waals surface area contributed by atoms with E-state index in [-0.39, 0.29) is 5.91 Å². The number of imidazole rings is 1. The van der Waals surface area contributed by atoms with Crippen molar-refractivity contribution in [3.05, 3.63) is 95.1 Å². The molecule has 0 fully saturated rings. The summed E-state index contributed by atoms with van der Waals surface area (Å²) >= 11 is 7.99. The minimum absolute atomic E-state index is 0.178. The Labute approximate surface area is 178 Å². The van der Waals surface area contributed by atoms with Gasteiger partial charge in [-0.25, -0.2) is 4.98 Å². The standard InChI is InChI=1S/C23H18ClN3OS/c1-16-11-13-27-20(15-16)26-22(23(27)24)17-7-9-18(10-8-17)25-21(28)12-14-29-19-5-3-2-4-6-19/h2-15H,1H3,(H,25,28). The molecule has 2 aromatic heterocycles. The van der Waals surface area contributed by atoms with E-state index in [4.69, 9.17) is 11.6 Å². The van der Waals surface area contributed by atoms with Crippen LogP contribution in [0.5, 0.6) is 0 Å². The average Bonchev–Trinajstić information content (AvgIpc) is 3.05. The second-order valence-electron chi connectivity index (χ2n) is 6.48. The number of thioether (sulfide) groups is 1. The minimum Gasteiger partial charge on any atom is -0.322 e. The van der Waals surface area contributed by atoms with E-state index in [0.717, 1.165) is 21.7 Å². The summed E-state index contributed by atoms with van der Waals surface area (Å²) < 4.78 is 1.86. The smallest absolute Gasteiger partial charge is 0.248 e. The van der Waals surface area contributed by atoms with Crippen molar-refractivity contribution in [3.63, 3.8) is 0 Å². The van der Waals surface area contributed by atoms with Crippen molar-refractivity contribution < 1.29 is 4.79 Å². The number of halogens is 1. The molecule has 2 aromatic carbocycles. The number of carbonyl (C=O) groups excluding carboxylic acids is 1. The lowest BCUT2D eigenvalue weighted by Crippen LogP contribution is -2.07. The van der Waals surface area contributed by atoms with Gasteiger partial charge in [0, 0.05) is 28.4 Å². The number of aromatic nitrogens is 2. The van der Waals surface area contributed by atoms with Crippen LogP contribution in [-0.2, 0) is 4.79 Å². The number of amides is 1. The molecule has 0 unspecified atom stereocenters. The van der Waals surface area contributed by atoms with Gasteiger partial charge in [-0.15, -0.1) is 0 Å². The van der Waals surface area contributed by atoms with Crippen molar-refractivity contribution in [3.8, 4) is 11.3 Å². The van der Waals surface area contributed by atoms with Crippen molar-refractivity contribution in [1.82, 2.24) is 9.38 Å². The van der Waals surface area contributed by atoms with E-state index in [1.807, 2.05) is 84.3 Å². The number of rotatable bonds is 5. The number of nitrogens with zero attached hydrogens (tertiary/aromatic N) is 2. The molecule has 0 spiro atoms. The van der Waals surface area contributed by atoms with Crippen LogP contribution in [0.1, 0.15) is 5.56 Å². The molecular weight excluding hydrogens is 402 g/mol. The lowest BCUT2D eigenvalue weighted by atomic mass is 10.1. The maximum atomic E-state index is 12.1. The maximum absolute atomic E-state index is 12.1. The van der Waals surface area contributed by atoms with E-state index in [2.05, 4.69) is 10.3 Å². The van der Waals surface area contributed by atoms with Crippen LogP contribution in [-0.4, -0.2) is 15.3 Å². The first-order valence-corrected chi connectivity index (χ1v) is 10.3. The normalized spacial score (nSPS) is 11.2. The van der Waals surface area contributed by atoms with Crippen LogP contribution in [0, 0.1) is 6.92 Å². The summed E-state index contributed by atoms with van der Waals surface area (Å²) in [7, 11) is 0. The number of hydrogen-bond donors (Lipinski definition) is 1. The van der Waals surface area contributed by atoms with Crippen LogP contribution >= 0.6 is 23.4 Å². The molecule has 1 N–H and O–H groups in total. The summed E-state index contributed by atoms with van der Waals surface area (Å²) in [6, 6.07) is 21.4. The summed E-state index contributed by atoms with van der Waals surface area (Å²) in [5.41, 5.74) is 4.26. The van der Waals surface area contributed by atoms with Gasteiger partial charge in [0.1, 0.15) is 16.5 Å². The third kappa shape index (κ3) is 4.53. The fourth-order valence-corrected chi connectivity index (χ4v) is 3.83. The highest BCUT2D eigenvalue weighted by atomic mass is 35.5. The molecule has 0 saturated carbocycles. The number of fused-ring (bicyclic) bond motifs is 1. The molecular formula is C23H18ClN3OS. The largest absolute Gasteiger partial charge is 0.322 e. The van der Waals surface area contributed by atoms with Crippen molar-refractivity contribution in [2.24, 2.45) is 0 Å². The molecule has 0 aliphatic carbocycles. The Morgan fingerprint density at radius 1 is 1.10 bits per heavy atom. The summed E-state index contributed by atoms with van der Waals surface area (Å²) in [4.78, 5) is 17.8. The van der Waals surface area contributed by atoms with E-state index >= 15 is 0 Å². The predicted molar refractivity (Wildman–Crippen MR) is 120 cm³/mol. The van der Waals surface area contributed by atoms with E-state index in [0.29, 0.717) is 16.5 Å². The van der Waals surface area contributed by atoms with Gasteiger partial charge in [-0.05, 0) is 54.3 Å². The molecule has 0 bridgehead atoms. The van der Waals surface area contributed by atoms with E-state index in [9.17, 15) is 4.79 Å². The first-order valence-electron chi connectivity index (χ1n) is 9.04. The van der Waals surface area contributed by atoms with Crippen LogP contribution in [0.15, 0.2) is 89.3 Å². The first kappa shape index (κ1) is 19.3. The second-order valence-corrected chi connectivity index (χ2v) is 7.82. The van der Waals surface area contributed by atoms with Gasteiger partial charge >= 0.3 is 0 Å². The molecule has 0 atom stereocenters. The van der Waals surface area contributed by atoms with E-state index in [1.165, 1.54) is 17.8 Å². The van der Waals surface area contributed by atoms with Crippen molar-refractivity contribution in [1.29, 1.82) is 0 Å². The summed E-state index contributed by atoms with van der Waals surface area (Å²) in [6.07, 6.45) is 3.44. The van der Waals surface area contributed by atoms with Gasteiger partial charge in [0.25, 0.3) is 0 Å². The Morgan fingerprint density at radius 3 is 2.62 bits per heavy atom. The molecule has 0 radical (unpaired) electrons. The van der Waals surface area contributed by atoms with Crippen LogP contribution < -0.4 is 5.32 Å². The van der Waals surface area contributed by atoms with Gasteiger partial charge in [0.05, 0.1) is 0 Å². The van der Waals surface area contributed by atoms with Gasteiger partial charge in [-0.3, -0.25) is 9.20 Å². The Morgan fingerprint density at radius 2 is 1.86 bits per heavy atom. The van der Waals surface area contributed by atoms with Crippen molar-refractivity contribution >= 4 is 40.6 Å². The molecule has 1 amide bonds. The molecule has 0 saturated heterocycles. The Kier molecular flexibility index (Phi) is 5.69. The third-order valence-electron chi connectivity index (χ3n) is 4.32. The highest BCUT2D eigenvalue weighted by Gasteiger charge is 2.12. The Hall–Kier alpha value is -3.02. The summed E-state index contributed by atoms with van der Waals surface area (Å²) in [6.45, 7) is 2.02. The Bertz CT molecular complexity index is 1180. The van der Waals surface area contributed by atoms with Gasteiger partial charge in [-0.2, -0.15) is 0 Å². The molecule has 0 aliphatic rings. The second kappa shape index (κ2) is 8.55. The number of pyridine rings is 1. The van der Waals surface area contributed by atoms with Crippen LogP contribution in [0.4, 0.5) is 5.69 Å². The lowest BCUT2D eigenvalue weighted by molar-refractivity contribution is -0.111. The zero-order valence-corrected chi connectivity index (χ0v) is 17.2. The number of nitrogens with one attached hydrogen (secondary N) is 1. The lowest BCUT2D eigenvalue weighted by Gasteiger charge is -2.04. The number of benzene rings is 2. The zero-order chi connectivity index (χ0) is 20.2. The van der Waals surface area contributed by atoms with Gasteiger partial charge in [0.15, 0.2) is 0 Å². The highest BCUT2D eigenvalue weighted by molar-refractivity contribution is 8.02. The fourth-order valence-electron chi connectivity index (χ4n) is 2.87. The fraction of sp³-hybridized carbons (Fsp3) is 0.0435. The molecule has 4 aromatic rings. The zero-order valence-electron chi connectivity index (χ0n) is 15.7. The number of anilines is 1. The van der Waals surface area contributed by atoms with E-state index < -0.39 is 0 Å². The summed E-state index contributed by atoms with van der Waals surface area (Å²) in [5, 5.41) is 5.20. The number of carbonyl (C=O) groups is 1. The maximum Gasteiger partial charge on any atom is 0.248 e. The quantitative estimate of drug-likeness (QED) is 0.309. The van der Waals surface area contributed by atoms with Crippen molar-refractivity contribution in [2.45, 2.75) is 11.8 Å². The van der Waals surface area contributed by atoms with Crippen LogP contribution in [0.2, 0.25) is 5.15 Å². The van der Waals surface area contributed by atoms with Crippen LogP contribution in [0.25, 0.3) is 16.9 Å². The molecule has 6 heteroatoms. The van der Waals surface area contributed by atoms with Gasteiger partial charge < -0.3 is 5.32 Å². The topological polar surface area (TPSA) is 46.4 Å². The molecule has 4 rings (SSSR count). The minimum atomic E-state index is -0.178. The molecule has 2 heterocycles. The first-order chi connectivity index (χ1) is 14.1. The number of aryl methyl sites for hydroxylation is 1. The monoisotopic (exact) mass is 419 g/mol. The molecule has 4 nitrogen and oxygen atoms in total.